The zero-order valence-corrected chi connectivity index (χ0v) is 7.49. The van der Waals surface area contributed by atoms with E-state index >= 15 is 0 Å². The summed E-state index contributed by atoms with van der Waals surface area (Å²) < 4.78 is 4.93. The van der Waals surface area contributed by atoms with Crippen molar-refractivity contribution in [3.05, 3.63) is 35.4 Å². The summed E-state index contributed by atoms with van der Waals surface area (Å²) in [5.74, 6) is 0.0671. The Hall–Kier alpha value is -1.35. The zero-order valence-electron chi connectivity index (χ0n) is 7.49. The molecule has 13 heavy (non-hydrogen) atoms. The lowest BCUT2D eigenvalue weighted by atomic mass is 10.1. The summed E-state index contributed by atoms with van der Waals surface area (Å²) in [6, 6.07) is 7.66. The number of amides is 1. The largest absolute Gasteiger partial charge is 0.364 e. The van der Waals surface area contributed by atoms with Gasteiger partial charge in [-0.15, -0.1) is 0 Å². The van der Waals surface area contributed by atoms with E-state index in [2.05, 4.69) is 0 Å². The SMILES string of the molecule is COCN1Cc2ccccc2C1=O. The average Bonchev–Trinajstić information content (AvgIpc) is 2.46. The molecule has 0 unspecified atom stereocenters. The molecule has 0 atom stereocenters. The van der Waals surface area contributed by atoms with Gasteiger partial charge in [0.05, 0.1) is 0 Å². The van der Waals surface area contributed by atoms with Gasteiger partial charge in [-0.25, -0.2) is 0 Å². The number of fused-ring (bicyclic) bond motifs is 1. The van der Waals surface area contributed by atoms with Crippen molar-refractivity contribution in [2.24, 2.45) is 0 Å². The van der Waals surface area contributed by atoms with E-state index in [0.717, 1.165) is 11.1 Å². The summed E-state index contributed by atoms with van der Waals surface area (Å²) in [6.07, 6.45) is 0. The highest BCUT2D eigenvalue weighted by atomic mass is 16.5. The maximum atomic E-state index is 11.6. The smallest absolute Gasteiger partial charge is 0.256 e. The van der Waals surface area contributed by atoms with E-state index in [-0.39, 0.29) is 5.91 Å². The maximum absolute atomic E-state index is 11.6. The van der Waals surface area contributed by atoms with Crippen LogP contribution in [0.3, 0.4) is 0 Å². The van der Waals surface area contributed by atoms with Crippen molar-refractivity contribution >= 4 is 5.91 Å². The Morgan fingerprint density at radius 2 is 2.23 bits per heavy atom. The van der Waals surface area contributed by atoms with Crippen LogP contribution in [0.4, 0.5) is 0 Å². The molecule has 3 heteroatoms. The number of carbonyl (C=O) groups excluding carboxylic acids is 1. The van der Waals surface area contributed by atoms with Gasteiger partial charge in [0.2, 0.25) is 0 Å². The van der Waals surface area contributed by atoms with Crippen molar-refractivity contribution in [2.75, 3.05) is 13.8 Å². The summed E-state index contributed by atoms with van der Waals surface area (Å²) in [5.41, 5.74) is 1.89. The van der Waals surface area contributed by atoms with Crippen molar-refractivity contribution < 1.29 is 9.53 Å². The number of rotatable bonds is 2. The first-order chi connectivity index (χ1) is 6.33. The molecule has 0 aliphatic carbocycles. The quantitative estimate of drug-likeness (QED) is 0.680. The van der Waals surface area contributed by atoms with Crippen molar-refractivity contribution in [3.8, 4) is 0 Å². The van der Waals surface area contributed by atoms with Crippen LogP contribution >= 0.6 is 0 Å². The minimum absolute atomic E-state index is 0.0671. The normalized spacial score (nSPS) is 14.8. The van der Waals surface area contributed by atoms with Gasteiger partial charge in [0, 0.05) is 19.2 Å². The minimum Gasteiger partial charge on any atom is -0.364 e. The number of methoxy groups -OCH3 is 1. The molecule has 0 saturated heterocycles. The topological polar surface area (TPSA) is 29.5 Å². The number of nitrogens with zero attached hydrogens (tertiary/aromatic N) is 1. The molecular formula is C10H11NO2. The first-order valence-electron chi connectivity index (χ1n) is 4.19. The van der Waals surface area contributed by atoms with Crippen molar-refractivity contribution in [2.45, 2.75) is 6.54 Å². The number of carbonyl (C=O) groups is 1. The van der Waals surface area contributed by atoms with Gasteiger partial charge in [0.15, 0.2) is 0 Å². The van der Waals surface area contributed by atoms with Gasteiger partial charge in [-0.3, -0.25) is 4.79 Å². The lowest BCUT2D eigenvalue weighted by Crippen LogP contribution is -2.25. The van der Waals surface area contributed by atoms with Crippen LogP contribution in [0.25, 0.3) is 0 Å². The Bertz CT molecular complexity index is 335. The lowest BCUT2D eigenvalue weighted by molar-refractivity contribution is 0.0440. The Kier molecular flexibility index (Phi) is 2.02. The molecule has 0 fully saturated rings. The van der Waals surface area contributed by atoms with Crippen LogP contribution in [0.2, 0.25) is 0 Å². The molecule has 1 amide bonds. The Morgan fingerprint density at radius 3 is 2.92 bits per heavy atom. The molecule has 1 aromatic rings. The summed E-state index contributed by atoms with van der Waals surface area (Å²) in [7, 11) is 1.59. The predicted molar refractivity (Wildman–Crippen MR) is 48.2 cm³/mol. The fraction of sp³-hybridized carbons (Fsp3) is 0.300. The van der Waals surface area contributed by atoms with Crippen LogP contribution in [0.15, 0.2) is 24.3 Å². The van der Waals surface area contributed by atoms with Gasteiger partial charge in [0.25, 0.3) is 5.91 Å². The molecule has 0 N–H and O–H groups in total. The molecule has 2 rings (SSSR count). The number of benzene rings is 1. The standard InChI is InChI=1S/C10H11NO2/c1-13-7-11-6-8-4-2-3-5-9(8)10(11)12/h2-5H,6-7H2,1H3. The summed E-state index contributed by atoms with van der Waals surface area (Å²) in [6.45, 7) is 1.04. The molecule has 0 spiro atoms. The highest BCUT2D eigenvalue weighted by molar-refractivity contribution is 5.98. The first kappa shape index (κ1) is 8.26. The van der Waals surface area contributed by atoms with Gasteiger partial charge < -0.3 is 9.64 Å². The third-order valence-electron chi connectivity index (χ3n) is 2.18. The molecule has 1 heterocycles. The van der Waals surface area contributed by atoms with Crippen LogP contribution in [0.5, 0.6) is 0 Å². The molecule has 1 aromatic carbocycles. The lowest BCUT2D eigenvalue weighted by Gasteiger charge is -2.12. The van der Waals surface area contributed by atoms with E-state index in [9.17, 15) is 4.79 Å². The van der Waals surface area contributed by atoms with Crippen LogP contribution in [0, 0.1) is 0 Å². The molecule has 68 valence electrons. The average molecular weight is 177 g/mol. The second kappa shape index (κ2) is 3.18. The van der Waals surface area contributed by atoms with Crippen molar-refractivity contribution in [1.82, 2.24) is 4.90 Å². The highest BCUT2D eigenvalue weighted by Crippen LogP contribution is 2.21. The van der Waals surface area contributed by atoms with Crippen LogP contribution in [-0.4, -0.2) is 24.6 Å². The van der Waals surface area contributed by atoms with E-state index in [0.29, 0.717) is 13.3 Å². The van der Waals surface area contributed by atoms with E-state index < -0.39 is 0 Å². The molecule has 0 bridgehead atoms. The predicted octanol–water partition coefficient (Wildman–Crippen LogP) is 1.25. The summed E-state index contributed by atoms with van der Waals surface area (Å²) in [5, 5.41) is 0. The molecular weight excluding hydrogens is 166 g/mol. The van der Waals surface area contributed by atoms with Crippen LogP contribution in [-0.2, 0) is 11.3 Å². The molecule has 0 saturated carbocycles. The minimum atomic E-state index is 0.0671. The first-order valence-corrected chi connectivity index (χ1v) is 4.19. The van der Waals surface area contributed by atoms with Gasteiger partial charge >= 0.3 is 0 Å². The zero-order chi connectivity index (χ0) is 9.26. The van der Waals surface area contributed by atoms with Gasteiger partial charge in [-0.2, -0.15) is 0 Å². The molecule has 1 aliphatic heterocycles. The van der Waals surface area contributed by atoms with Gasteiger partial charge in [-0.05, 0) is 11.6 Å². The van der Waals surface area contributed by atoms with E-state index in [4.69, 9.17) is 4.74 Å². The fourth-order valence-electron chi connectivity index (χ4n) is 1.57. The Morgan fingerprint density at radius 1 is 1.46 bits per heavy atom. The maximum Gasteiger partial charge on any atom is 0.256 e. The van der Waals surface area contributed by atoms with Gasteiger partial charge in [-0.1, -0.05) is 18.2 Å². The van der Waals surface area contributed by atoms with Crippen LogP contribution in [0.1, 0.15) is 15.9 Å². The number of hydrogen-bond acceptors (Lipinski definition) is 2. The fourth-order valence-corrected chi connectivity index (χ4v) is 1.57. The van der Waals surface area contributed by atoms with E-state index in [1.165, 1.54) is 0 Å². The van der Waals surface area contributed by atoms with Gasteiger partial charge in [0.1, 0.15) is 6.73 Å². The monoisotopic (exact) mass is 177 g/mol. The number of ether oxygens (including phenoxy) is 1. The van der Waals surface area contributed by atoms with Crippen molar-refractivity contribution in [3.63, 3.8) is 0 Å². The van der Waals surface area contributed by atoms with E-state index in [1.807, 2.05) is 24.3 Å². The molecule has 0 aromatic heterocycles. The summed E-state index contributed by atoms with van der Waals surface area (Å²) in [4.78, 5) is 13.3. The second-order valence-electron chi connectivity index (χ2n) is 3.08. The molecule has 3 nitrogen and oxygen atoms in total. The van der Waals surface area contributed by atoms with Crippen molar-refractivity contribution in [1.29, 1.82) is 0 Å². The Balaban J connectivity index is 2.28. The Labute approximate surface area is 76.9 Å². The molecule has 0 radical (unpaired) electrons. The summed E-state index contributed by atoms with van der Waals surface area (Å²) >= 11 is 0. The third-order valence-corrected chi connectivity index (χ3v) is 2.18. The second-order valence-corrected chi connectivity index (χ2v) is 3.08. The highest BCUT2D eigenvalue weighted by Gasteiger charge is 2.25. The molecule has 1 aliphatic rings. The van der Waals surface area contributed by atoms with Crippen LogP contribution < -0.4 is 0 Å². The third kappa shape index (κ3) is 1.31. The van der Waals surface area contributed by atoms with E-state index in [1.54, 1.807) is 12.0 Å². The number of hydrogen-bond donors (Lipinski definition) is 0.